The third kappa shape index (κ3) is 3.30. The molecule has 104 valence electrons. The summed E-state index contributed by atoms with van der Waals surface area (Å²) in [6.07, 6.45) is 0. The zero-order valence-electron chi connectivity index (χ0n) is 11.3. The topological polar surface area (TPSA) is 74.3 Å². The first-order valence-corrected chi connectivity index (χ1v) is 7.04. The molecular weight excluding hydrogens is 264 g/mol. The Morgan fingerprint density at radius 2 is 2.26 bits per heavy atom. The van der Waals surface area contributed by atoms with Crippen molar-refractivity contribution < 1.29 is 9.59 Å². The Labute approximate surface area is 116 Å². The van der Waals surface area contributed by atoms with Crippen LogP contribution < -0.4 is 10.6 Å². The molecule has 1 atom stereocenters. The summed E-state index contributed by atoms with van der Waals surface area (Å²) in [5, 5.41) is 6.17. The molecule has 7 heteroatoms. The van der Waals surface area contributed by atoms with Crippen LogP contribution >= 0.6 is 11.3 Å². The Bertz CT molecular complexity index is 480. The zero-order valence-corrected chi connectivity index (χ0v) is 12.1. The maximum absolute atomic E-state index is 12.1. The number of carbonyl (C=O) groups excluding carboxylic acids is 2. The van der Waals surface area contributed by atoms with Crippen molar-refractivity contribution in [3.63, 3.8) is 0 Å². The van der Waals surface area contributed by atoms with E-state index in [1.54, 1.807) is 6.92 Å². The predicted molar refractivity (Wildman–Crippen MR) is 74.3 cm³/mol. The molecule has 0 radical (unpaired) electrons. The molecule has 1 fully saturated rings. The Balaban J connectivity index is 1.97. The highest BCUT2D eigenvalue weighted by Gasteiger charge is 2.26. The molecule has 1 aliphatic rings. The second-order valence-electron chi connectivity index (χ2n) is 4.65. The fraction of sp³-hybridized carbons (Fsp3) is 0.583. The number of hydrogen-bond acceptors (Lipinski definition) is 5. The molecule has 0 spiro atoms. The van der Waals surface area contributed by atoms with E-state index in [9.17, 15) is 9.59 Å². The first-order chi connectivity index (χ1) is 8.97. The van der Waals surface area contributed by atoms with Crippen molar-refractivity contribution in [3.05, 3.63) is 10.6 Å². The van der Waals surface area contributed by atoms with Gasteiger partial charge in [-0.05, 0) is 20.8 Å². The molecule has 2 heterocycles. The van der Waals surface area contributed by atoms with E-state index in [-0.39, 0.29) is 24.4 Å². The molecule has 1 aromatic rings. The van der Waals surface area contributed by atoms with Crippen molar-refractivity contribution in [2.24, 2.45) is 0 Å². The highest BCUT2D eigenvalue weighted by atomic mass is 32.1. The van der Waals surface area contributed by atoms with Crippen LogP contribution in [-0.4, -0.2) is 47.4 Å². The molecule has 2 rings (SSSR count). The molecule has 1 unspecified atom stereocenters. The van der Waals surface area contributed by atoms with Gasteiger partial charge in [0.25, 0.3) is 0 Å². The van der Waals surface area contributed by atoms with E-state index in [1.165, 1.54) is 11.3 Å². The largest absolute Gasteiger partial charge is 0.354 e. The van der Waals surface area contributed by atoms with Gasteiger partial charge in [-0.3, -0.25) is 14.5 Å². The van der Waals surface area contributed by atoms with Gasteiger partial charge in [-0.15, -0.1) is 11.3 Å². The third-order valence-corrected chi connectivity index (χ3v) is 4.24. The summed E-state index contributed by atoms with van der Waals surface area (Å²) in [6.45, 7) is 7.24. The number of carbonyl (C=O) groups is 2. The molecule has 1 saturated heterocycles. The lowest BCUT2D eigenvalue weighted by Gasteiger charge is -2.30. The van der Waals surface area contributed by atoms with Gasteiger partial charge in [0.05, 0.1) is 18.3 Å². The van der Waals surface area contributed by atoms with Crippen LogP contribution in [0.5, 0.6) is 0 Å². The van der Waals surface area contributed by atoms with E-state index in [2.05, 4.69) is 15.6 Å². The molecule has 0 aliphatic carbocycles. The van der Waals surface area contributed by atoms with Crippen molar-refractivity contribution in [2.45, 2.75) is 26.8 Å². The SMILES string of the molecule is Cc1nc(NC(=O)C(C)N2CCNC(=O)C2)sc1C. The summed E-state index contributed by atoms with van der Waals surface area (Å²) >= 11 is 1.47. The van der Waals surface area contributed by atoms with E-state index < -0.39 is 0 Å². The summed E-state index contributed by atoms with van der Waals surface area (Å²) in [4.78, 5) is 30.7. The molecule has 19 heavy (non-hydrogen) atoms. The first kappa shape index (κ1) is 14.0. The fourth-order valence-corrected chi connectivity index (χ4v) is 2.71. The maximum Gasteiger partial charge on any atom is 0.243 e. The number of amides is 2. The summed E-state index contributed by atoms with van der Waals surface area (Å²) in [5.41, 5.74) is 0.935. The molecule has 1 aliphatic heterocycles. The van der Waals surface area contributed by atoms with Gasteiger partial charge in [-0.25, -0.2) is 4.98 Å². The first-order valence-electron chi connectivity index (χ1n) is 6.23. The van der Waals surface area contributed by atoms with Crippen LogP contribution in [0.2, 0.25) is 0 Å². The van der Waals surface area contributed by atoms with Crippen LogP contribution in [0.4, 0.5) is 5.13 Å². The van der Waals surface area contributed by atoms with E-state index in [1.807, 2.05) is 18.7 Å². The van der Waals surface area contributed by atoms with Gasteiger partial charge in [-0.1, -0.05) is 0 Å². The molecule has 0 saturated carbocycles. The van der Waals surface area contributed by atoms with E-state index in [0.29, 0.717) is 18.2 Å². The van der Waals surface area contributed by atoms with Gasteiger partial charge >= 0.3 is 0 Å². The monoisotopic (exact) mass is 282 g/mol. The summed E-state index contributed by atoms with van der Waals surface area (Å²) in [7, 11) is 0. The van der Waals surface area contributed by atoms with Gasteiger partial charge in [0, 0.05) is 18.0 Å². The van der Waals surface area contributed by atoms with Crippen molar-refractivity contribution in [2.75, 3.05) is 25.0 Å². The highest BCUT2D eigenvalue weighted by molar-refractivity contribution is 7.15. The van der Waals surface area contributed by atoms with Crippen LogP contribution in [0.1, 0.15) is 17.5 Å². The molecule has 0 aromatic carbocycles. The summed E-state index contributed by atoms with van der Waals surface area (Å²) in [5.74, 6) is -0.157. The lowest BCUT2D eigenvalue weighted by Crippen LogP contribution is -2.53. The van der Waals surface area contributed by atoms with Crippen LogP contribution in [0, 0.1) is 13.8 Å². The maximum atomic E-state index is 12.1. The molecule has 0 bridgehead atoms. The van der Waals surface area contributed by atoms with E-state index in [0.717, 1.165) is 10.6 Å². The Hall–Kier alpha value is -1.47. The number of anilines is 1. The standard InChI is InChI=1S/C12H18N4O2S/c1-7-9(3)19-12(14-7)15-11(18)8(2)16-5-4-13-10(17)6-16/h8H,4-6H2,1-3H3,(H,13,17)(H,14,15,18). The molecule has 2 amide bonds. The van der Waals surface area contributed by atoms with E-state index >= 15 is 0 Å². The normalized spacial score (nSPS) is 17.9. The Kier molecular flexibility index (Phi) is 4.16. The number of aromatic nitrogens is 1. The minimum absolute atomic E-state index is 0.0353. The lowest BCUT2D eigenvalue weighted by molar-refractivity contribution is -0.127. The van der Waals surface area contributed by atoms with Crippen molar-refractivity contribution >= 4 is 28.3 Å². The Morgan fingerprint density at radius 3 is 2.84 bits per heavy atom. The van der Waals surface area contributed by atoms with Crippen LogP contribution in [0.25, 0.3) is 0 Å². The highest BCUT2D eigenvalue weighted by Crippen LogP contribution is 2.21. The quantitative estimate of drug-likeness (QED) is 0.847. The van der Waals surface area contributed by atoms with Crippen molar-refractivity contribution in [1.29, 1.82) is 0 Å². The molecule has 6 nitrogen and oxygen atoms in total. The Morgan fingerprint density at radius 1 is 1.53 bits per heavy atom. The number of thiazole rings is 1. The minimum atomic E-state index is -0.337. The number of aryl methyl sites for hydroxylation is 2. The predicted octanol–water partition coefficient (Wildman–Crippen LogP) is 0.519. The van der Waals surface area contributed by atoms with Crippen molar-refractivity contribution in [3.8, 4) is 0 Å². The van der Waals surface area contributed by atoms with E-state index in [4.69, 9.17) is 0 Å². The molecular formula is C12H18N4O2S. The number of piperazine rings is 1. The fourth-order valence-electron chi connectivity index (χ4n) is 1.89. The second-order valence-corrected chi connectivity index (χ2v) is 5.85. The van der Waals surface area contributed by atoms with Gasteiger partial charge in [0.2, 0.25) is 11.8 Å². The lowest BCUT2D eigenvalue weighted by atomic mass is 10.2. The average Bonchev–Trinajstić information content (AvgIpc) is 2.67. The van der Waals surface area contributed by atoms with Crippen LogP contribution in [-0.2, 0) is 9.59 Å². The smallest absolute Gasteiger partial charge is 0.243 e. The van der Waals surface area contributed by atoms with Gasteiger partial charge < -0.3 is 10.6 Å². The third-order valence-electron chi connectivity index (χ3n) is 3.25. The summed E-state index contributed by atoms with van der Waals surface area (Å²) in [6, 6.07) is -0.337. The number of nitrogens with zero attached hydrogens (tertiary/aromatic N) is 2. The van der Waals surface area contributed by atoms with Gasteiger partial charge in [0.15, 0.2) is 5.13 Å². The number of nitrogens with one attached hydrogen (secondary N) is 2. The van der Waals surface area contributed by atoms with Gasteiger partial charge in [-0.2, -0.15) is 0 Å². The molecule has 1 aromatic heterocycles. The average molecular weight is 282 g/mol. The molecule has 2 N–H and O–H groups in total. The minimum Gasteiger partial charge on any atom is -0.354 e. The van der Waals surface area contributed by atoms with Gasteiger partial charge in [0.1, 0.15) is 0 Å². The number of hydrogen-bond donors (Lipinski definition) is 2. The number of rotatable bonds is 3. The van der Waals surface area contributed by atoms with Crippen LogP contribution in [0.3, 0.4) is 0 Å². The second kappa shape index (κ2) is 5.66. The zero-order chi connectivity index (χ0) is 14.0. The van der Waals surface area contributed by atoms with Crippen LogP contribution in [0.15, 0.2) is 0 Å². The summed E-state index contributed by atoms with van der Waals surface area (Å²) < 4.78 is 0. The van der Waals surface area contributed by atoms with Crippen molar-refractivity contribution in [1.82, 2.24) is 15.2 Å².